The fourth-order valence-electron chi connectivity index (χ4n) is 4.99. The molecule has 1 atom stereocenters. The van der Waals surface area contributed by atoms with Crippen molar-refractivity contribution in [3.05, 3.63) is 65.1 Å². The number of fused-ring (bicyclic) bond motifs is 1. The third kappa shape index (κ3) is 5.88. The number of nitrogens with zero attached hydrogens (tertiary/aromatic N) is 5. The average molecular weight is 545 g/mol. The van der Waals surface area contributed by atoms with Crippen LogP contribution < -0.4 is 16.4 Å². The Morgan fingerprint density at radius 2 is 1.79 bits per heavy atom. The molecule has 0 aromatic heterocycles. The highest BCUT2D eigenvalue weighted by Crippen LogP contribution is 2.38. The molecule has 0 saturated carbocycles. The van der Waals surface area contributed by atoms with Gasteiger partial charge in [-0.05, 0) is 48.5 Å². The van der Waals surface area contributed by atoms with E-state index in [9.17, 15) is 22.4 Å². The van der Waals surface area contributed by atoms with Crippen molar-refractivity contribution in [1.29, 1.82) is 0 Å². The van der Waals surface area contributed by atoms with Gasteiger partial charge >= 0.3 is 12.2 Å². The number of nitrogens with one attached hydrogen (secondary N) is 2. The number of alkyl halides is 3. The van der Waals surface area contributed by atoms with Crippen LogP contribution in [-0.4, -0.2) is 79.3 Å². The lowest BCUT2D eigenvalue weighted by Gasteiger charge is -2.34. The minimum atomic E-state index is -4.66. The number of piperazine rings is 1. The number of aliphatic imine (C=N–C) groups is 1. The van der Waals surface area contributed by atoms with E-state index in [0.29, 0.717) is 36.3 Å². The molecule has 3 heterocycles. The average Bonchev–Trinajstić information content (AvgIpc) is 3.25. The third-order valence-corrected chi connectivity index (χ3v) is 7.02. The van der Waals surface area contributed by atoms with E-state index in [-0.39, 0.29) is 5.92 Å². The first kappa shape index (κ1) is 26.6. The van der Waals surface area contributed by atoms with E-state index < -0.39 is 29.3 Å². The lowest BCUT2D eigenvalue weighted by atomic mass is 9.92. The van der Waals surface area contributed by atoms with Crippen LogP contribution in [0.1, 0.15) is 11.1 Å². The summed E-state index contributed by atoms with van der Waals surface area (Å²) < 4.78 is 52.9. The molecule has 1 fully saturated rings. The highest BCUT2D eigenvalue weighted by molar-refractivity contribution is 6.08. The van der Waals surface area contributed by atoms with E-state index in [2.05, 4.69) is 37.6 Å². The number of hydrazone groups is 1. The zero-order chi connectivity index (χ0) is 27.7. The molecule has 0 spiro atoms. The Bertz CT molecular complexity index is 1330. The largest absolute Gasteiger partial charge is 0.416 e. The molecular formula is C26H28F4N8O. The Labute approximate surface area is 222 Å². The lowest BCUT2D eigenvalue weighted by molar-refractivity contribution is -0.137. The van der Waals surface area contributed by atoms with Gasteiger partial charge in [0.15, 0.2) is 5.84 Å². The van der Waals surface area contributed by atoms with Crippen LogP contribution in [-0.2, 0) is 6.18 Å². The van der Waals surface area contributed by atoms with E-state index >= 15 is 0 Å². The second-order valence-electron chi connectivity index (χ2n) is 9.74. The molecule has 2 aromatic rings. The number of halogens is 4. The number of anilines is 2. The third-order valence-electron chi connectivity index (χ3n) is 7.02. The number of benzene rings is 2. The van der Waals surface area contributed by atoms with Crippen LogP contribution >= 0.6 is 0 Å². The van der Waals surface area contributed by atoms with Gasteiger partial charge in [0.2, 0.25) is 0 Å². The molecule has 0 bridgehead atoms. The Morgan fingerprint density at radius 3 is 2.49 bits per heavy atom. The number of hydrogen-bond acceptors (Lipinski definition) is 7. The van der Waals surface area contributed by atoms with Gasteiger partial charge in [0.25, 0.3) is 0 Å². The van der Waals surface area contributed by atoms with Gasteiger partial charge in [-0.1, -0.05) is 12.1 Å². The Hall–Kier alpha value is -3.97. The molecule has 13 heteroatoms. The molecule has 3 aliphatic rings. The van der Waals surface area contributed by atoms with Crippen molar-refractivity contribution in [2.75, 3.05) is 56.9 Å². The maximum Gasteiger partial charge on any atom is 0.416 e. The predicted octanol–water partition coefficient (Wildman–Crippen LogP) is 3.69. The maximum atomic E-state index is 14.0. The second kappa shape index (κ2) is 10.7. The summed E-state index contributed by atoms with van der Waals surface area (Å²) in [5.74, 6) is -0.475. The lowest BCUT2D eigenvalue weighted by Crippen LogP contribution is -2.46. The molecule has 0 aliphatic carbocycles. The standard InChI is InChI=1S/C26H28F4N8O/c1-36-8-10-37(11-9-36)13-17-14-38-23(24(31)32-15-33-38)22(17)16-2-5-19(6-3-16)34-25(39)35-21-12-18(26(28,29)30)4-7-20(21)27/h2-7,12,15,17H,8-11,13-14H2,1H3,(H2,31,32,33)(H2,34,35,39). The number of amides is 2. The van der Waals surface area contributed by atoms with Crippen LogP contribution in [0.15, 0.2) is 58.3 Å². The van der Waals surface area contributed by atoms with Crippen molar-refractivity contribution in [3.8, 4) is 0 Å². The molecule has 206 valence electrons. The van der Waals surface area contributed by atoms with E-state index in [1.54, 1.807) is 12.1 Å². The van der Waals surface area contributed by atoms with Crippen LogP contribution in [0, 0.1) is 11.7 Å². The topological polar surface area (TPSA) is 102 Å². The summed E-state index contributed by atoms with van der Waals surface area (Å²) in [6.07, 6.45) is -3.23. The second-order valence-corrected chi connectivity index (χ2v) is 9.74. The van der Waals surface area contributed by atoms with Crippen LogP contribution in [0.2, 0.25) is 0 Å². The molecular weight excluding hydrogens is 516 g/mol. The molecule has 5 rings (SSSR count). The fraction of sp³-hybridized carbons (Fsp3) is 0.346. The van der Waals surface area contributed by atoms with Crippen LogP contribution in [0.3, 0.4) is 0 Å². The summed E-state index contributed by atoms with van der Waals surface area (Å²) >= 11 is 0. The first-order chi connectivity index (χ1) is 18.6. The normalized spacial score (nSPS) is 20.2. The highest BCUT2D eigenvalue weighted by atomic mass is 19.4. The number of hydrogen-bond donors (Lipinski definition) is 3. The molecule has 4 N–H and O–H groups in total. The molecule has 39 heavy (non-hydrogen) atoms. The van der Waals surface area contributed by atoms with Crippen molar-refractivity contribution < 1.29 is 22.4 Å². The summed E-state index contributed by atoms with van der Waals surface area (Å²) in [5.41, 5.74) is 7.65. The van der Waals surface area contributed by atoms with Crippen molar-refractivity contribution >= 4 is 35.2 Å². The van der Waals surface area contributed by atoms with Crippen molar-refractivity contribution in [3.63, 3.8) is 0 Å². The smallest absolute Gasteiger partial charge is 0.382 e. The Morgan fingerprint density at radius 1 is 1.08 bits per heavy atom. The quantitative estimate of drug-likeness (QED) is 0.499. The van der Waals surface area contributed by atoms with E-state index in [1.165, 1.54) is 6.34 Å². The fourth-order valence-corrected chi connectivity index (χ4v) is 4.99. The molecule has 9 nitrogen and oxygen atoms in total. The van der Waals surface area contributed by atoms with Gasteiger partial charge in [-0.25, -0.2) is 14.2 Å². The monoisotopic (exact) mass is 544 g/mol. The summed E-state index contributed by atoms with van der Waals surface area (Å²) in [4.78, 5) is 21.3. The number of nitrogens with two attached hydrogens (primary N) is 1. The number of carbonyl (C=O) groups excluding carboxylic acids is 1. The van der Waals surface area contributed by atoms with Gasteiger partial charge in [-0.3, -0.25) is 5.01 Å². The van der Waals surface area contributed by atoms with Crippen LogP contribution in [0.25, 0.3) is 5.57 Å². The van der Waals surface area contributed by atoms with Crippen LogP contribution in [0.5, 0.6) is 0 Å². The number of likely N-dealkylation sites (N-methyl/N-ethyl adjacent to an activating group) is 1. The van der Waals surface area contributed by atoms with Gasteiger partial charge in [0, 0.05) is 44.3 Å². The van der Waals surface area contributed by atoms with Crippen molar-refractivity contribution in [2.45, 2.75) is 6.18 Å². The van der Waals surface area contributed by atoms with Crippen molar-refractivity contribution in [2.24, 2.45) is 21.7 Å². The van der Waals surface area contributed by atoms with Gasteiger partial charge in [-0.2, -0.15) is 18.3 Å². The Balaban J connectivity index is 1.32. The summed E-state index contributed by atoms with van der Waals surface area (Å²) in [5, 5.41) is 10.9. The van der Waals surface area contributed by atoms with Gasteiger partial charge in [0.05, 0.1) is 17.8 Å². The SMILES string of the molecule is CN1CCN(CC2CN3N=CN=C(N)C3=C2c2ccc(NC(=O)Nc3cc(C(F)(F)F)ccc3F)cc2)CC1. The highest BCUT2D eigenvalue weighted by Gasteiger charge is 2.36. The van der Waals surface area contributed by atoms with Crippen molar-refractivity contribution in [1.82, 2.24) is 14.8 Å². The number of urea groups is 1. The molecule has 1 saturated heterocycles. The van der Waals surface area contributed by atoms with Gasteiger partial charge in [0.1, 0.15) is 17.9 Å². The zero-order valence-corrected chi connectivity index (χ0v) is 21.2. The molecule has 1 unspecified atom stereocenters. The Kier molecular flexibility index (Phi) is 7.28. The molecule has 2 amide bonds. The maximum absolute atomic E-state index is 14.0. The van der Waals surface area contributed by atoms with E-state index in [0.717, 1.165) is 49.6 Å². The number of carbonyl (C=O) groups is 1. The van der Waals surface area contributed by atoms with Gasteiger partial charge < -0.3 is 26.2 Å². The predicted molar refractivity (Wildman–Crippen MR) is 142 cm³/mol. The number of rotatable bonds is 5. The summed E-state index contributed by atoms with van der Waals surface area (Å²) in [7, 11) is 2.11. The molecule has 0 radical (unpaired) electrons. The first-order valence-corrected chi connectivity index (χ1v) is 12.4. The van der Waals surface area contributed by atoms with Crippen LogP contribution in [0.4, 0.5) is 33.7 Å². The summed E-state index contributed by atoms with van der Waals surface area (Å²) in [6.45, 7) is 5.42. The van der Waals surface area contributed by atoms with Gasteiger partial charge in [-0.15, -0.1) is 0 Å². The first-order valence-electron chi connectivity index (χ1n) is 12.4. The molecule has 2 aromatic carbocycles. The van der Waals surface area contributed by atoms with E-state index in [4.69, 9.17) is 5.73 Å². The summed E-state index contributed by atoms with van der Waals surface area (Å²) in [6, 6.07) is 7.94. The molecule has 3 aliphatic heterocycles. The zero-order valence-electron chi connectivity index (χ0n) is 21.2. The number of amidine groups is 1. The minimum absolute atomic E-state index is 0.124. The van der Waals surface area contributed by atoms with E-state index in [1.807, 2.05) is 17.1 Å². The minimum Gasteiger partial charge on any atom is -0.382 e.